The van der Waals surface area contributed by atoms with E-state index in [1.54, 1.807) is 12.1 Å². The number of halogens is 1. The fourth-order valence-corrected chi connectivity index (χ4v) is 1.24. The molecule has 0 saturated carbocycles. The number of benzene rings is 1. The number of aryl methyl sites for hydroxylation is 1. The molecule has 3 heteroatoms. The monoisotopic (exact) mass is 183 g/mol. The SMILES string of the molecule is CCCc1ccc(N)cc1OCF. The van der Waals surface area contributed by atoms with Crippen molar-refractivity contribution in [3.63, 3.8) is 0 Å². The van der Waals surface area contributed by atoms with E-state index in [-0.39, 0.29) is 0 Å². The lowest BCUT2D eigenvalue weighted by molar-refractivity contribution is 0.190. The van der Waals surface area contributed by atoms with E-state index in [2.05, 4.69) is 6.92 Å². The van der Waals surface area contributed by atoms with E-state index in [1.807, 2.05) is 6.07 Å². The molecule has 13 heavy (non-hydrogen) atoms. The molecule has 1 aromatic carbocycles. The molecule has 0 aliphatic heterocycles. The van der Waals surface area contributed by atoms with E-state index in [0.717, 1.165) is 18.4 Å². The first kappa shape index (κ1) is 9.84. The molecule has 72 valence electrons. The molecule has 0 radical (unpaired) electrons. The molecule has 0 bridgehead atoms. The number of nitrogens with two attached hydrogens (primary N) is 1. The zero-order chi connectivity index (χ0) is 9.68. The van der Waals surface area contributed by atoms with Crippen molar-refractivity contribution in [3.8, 4) is 5.75 Å². The highest BCUT2D eigenvalue weighted by Crippen LogP contribution is 2.23. The Morgan fingerprint density at radius 2 is 2.23 bits per heavy atom. The summed E-state index contributed by atoms with van der Waals surface area (Å²) in [5.41, 5.74) is 7.16. The predicted molar refractivity (Wildman–Crippen MR) is 51.5 cm³/mol. The molecule has 0 amide bonds. The lowest BCUT2D eigenvalue weighted by Crippen LogP contribution is -1.97. The molecule has 1 rings (SSSR count). The first-order valence-corrected chi connectivity index (χ1v) is 4.35. The highest BCUT2D eigenvalue weighted by Gasteiger charge is 2.02. The third-order valence-corrected chi connectivity index (χ3v) is 1.82. The Labute approximate surface area is 77.5 Å². The van der Waals surface area contributed by atoms with Crippen LogP contribution in [0.5, 0.6) is 5.75 Å². The van der Waals surface area contributed by atoms with Crippen LogP contribution in [0.15, 0.2) is 18.2 Å². The normalized spacial score (nSPS) is 10.0. The average molecular weight is 183 g/mol. The third kappa shape index (κ3) is 2.61. The molecular weight excluding hydrogens is 169 g/mol. The Balaban J connectivity index is 2.89. The van der Waals surface area contributed by atoms with Gasteiger partial charge >= 0.3 is 0 Å². The summed E-state index contributed by atoms with van der Waals surface area (Å²) < 4.78 is 16.8. The molecule has 2 N–H and O–H groups in total. The van der Waals surface area contributed by atoms with Gasteiger partial charge in [-0.3, -0.25) is 0 Å². The van der Waals surface area contributed by atoms with Crippen molar-refractivity contribution in [2.75, 3.05) is 12.6 Å². The fourth-order valence-electron chi connectivity index (χ4n) is 1.24. The van der Waals surface area contributed by atoms with Crippen LogP contribution in [-0.4, -0.2) is 6.86 Å². The first-order valence-electron chi connectivity index (χ1n) is 4.35. The van der Waals surface area contributed by atoms with E-state index in [9.17, 15) is 4.39 Å². The quantitative estimate of drug-likeness (QED) is 0.728. The first-order chi connectivity index (χ1) is 6.27. The number of hydrogen-bond donors (Lipinski definition) is 1. The second-order valence-electron chi connectivity index (χ2n) is 2.87. The van der Waals surface area contributed by atoms with Gasteiger partial charge < -0.3 is 10.5 Å². The molecule has 0 unspecified atom stereocenters. The summed E-state index contributed by atoms with van der Waals surface area (Å²) in [5.74, 6) is 0.560. The molecule has 0 aliphatic rings. The van der Waals surface area contributed by atoms with Crippen LogP contribution in [0, 0.1) is 0 Å². The highest BCUT2D eigenvalue weighted by molar-refractivity contribution is 5.48. The van der Waals surface area contributed by atoms with Gasteiger partial charge in [-0.1, -0.05) is 19.4 Å². The number of alkyl halides is 1. The van der Waals surface area contributed by atoms with Crippen molar-refractivity contribution in [1.29, 1.82) is 0 Å². The van der Waals surface area contributed by atoms with E-state index < -0.39 is 6.86 Å². The maximum Gasteiger partial charge on any atom is 0.228 e. The van der Waals surface area contributed by atoms with E-state index in [0.29, 0.717) is 11.4 Å². The van der Waals surface area contributed by atoms with Gasteiger partial charge in [0.05, 0.1) is 0 Å². The van der Waals surface area contributed by atoms with E-state index in [4.69, 9.17) is 10.5 Å². The highest BCUT2D eigenvalue weighted by atomic mass is 19.1. The second-order valence-corrected chi connectivity index (χ2v) is 2.87. The van der Waals surface area contributed by atoms with Crippen molar-refractivity contribution in [2.24, 2.45) is 0 Å². The van der Waals surface area contributed by atoms with Crippen LogP contribution in [0.2, 0.25) is 0 Å². The summed E-state index contributed by atoms with van der Waals surface area (Å²) in [5, 5.41) is 0. The minimum Gasteiger partial charge on any atom is -0.463 e. The summed E-state index contributed by atoms with van der Waals surface area (Å²) in [6.07, 6.45) is 1.89. The van der Waals surface area contributed by atoms with E-state index in [1.165, 1.54) is 0 Å². The summed E-state index contributed by atoms with van der Waals surface area (Å²) >= 11 is 0. The Kier molecular flexibility index (Phi) is 3.55. The van der Waals surface area contributed by atoms with Crippen molar-refractivity contribution in [1.82, 2.24) is 0 Å². The van der Waals surface area contributed by atoms with Crippen molar-refractivity contribution < 1.29 is 9.13 Å². The Morgan fingerprint density at radius 3 is 2.85 bits per heavy atom. The minimum absolute atomic E-state index is 0.560. The van der Waals surface area contributed by atoms with Gasteiger partial charge in [0.15, 0.2) is 0 Å². The van der Waals surface area contributed by atoms with Crippen LogP contribution in [0.25, 0.3) is 0 Å². The van der Waals surface area contributed by atoms with Gasteiger partial charge in [-0.05, 0) is 18.1 Å². The van der Waals surface area contributed by atoms with Gasteiger partial charge in [0.2, 0.25) is 6.86 Å². The molecule has 0 spiro atoms. The summed E-state index contributed by atoms with van der Waals surface area (Å²) in [4.78, 5) is 0. The fraction of sp³-hybridized carbons (Fsp3) is 0.400. The maximum absolute atomic E-state index is 12.0. The standard InChI is InChI=1S/C10H14FNO/c1-2-3-8-4-5-9(12)6-10(8)13-7-11/h4-6H,2-3,7,12H2,1H3. The number of nitrogen functional groups attached to an aromatic ring is 1. The minimum atomic E-state index is -0.805. The van der Waals surface area contributed by atoms with Crippen LogP contribution >= 0.6 is 0 Å². The summed E-state index contributed by atoms with van der Waals surface area (Å²) in [6, 6.07) is 5.34. The Hall–Kier alpha value is -1.25. The molecular formula is C10H14FNO. The lowest BCUT2D eigenvalue weighted by atomic mass is 10.1. The molecule has 0 aromatic heterocycles. The Morgan fingerprint density at radius 1 is 1.46 bits per heavy atom. The van der Waals surface area contributed by atoms with Gasteiger partial charge in [0.25, 0.3) is 0 Å². The Bertz CT molecular complexity index is 276. The van der Waals surface area contributed by atoms with Crippen LogP contribution < -0.4 is 10.5 Å². The largest absolute Gasteiger partial charge is 0.463 e. The van der Waals surface area contributed by atoms with Gasteiger partial charge in [0, 0.05) is 11.8 Å². The van der Waals surface area contributed by atoms with Crippen molar-refractivity contribution in [3.05, 3.63) is 23.8 Å². The van der Waals surface area contributed by atoms with E-state index >= 15 is 0 Å². The maximum atomic E-state index is 12.0. The second kappa shape index (κ2) is 4.70. The van der Waals surface area contributed by atoms with Gasteiger partial charge in [0.1, 0.15) is 5.75 Å². The molecule has 2 nitrogen and oxygen atoms in total. The molecule has 0 atom stereocenters. The third-order valence-electron chi connectivity index (χ3n) is 1.82. The number of rotatable bonds is 4. The summed E-state index contributed by atoms with van der Waals surface area (Å²) in [6.45, 7) is 1.26. The predicted octanol–water partition coefficient (Wildman–Crippen LogP) is 2.53. The molecule has 1 aromatic rings. The average Bonchev–Trinajstić information content (AvgIpc) is 2.10. The number of ether oxygens (including phenoxy) is 1. The smallest absolute Gasteiger partial charge is 0.228 e. The zero-order valence-corrected chi connectivity index (χ0v) is 7.72. The van der Waals surface area contributed by atoms with Crippen LogP contribution in [0.1, 0.15) is 18.9 Å². The van der Waals surface area contributed by atoms with Crippen molar-refractivity contribution >= 4 is 5.69 Å². The molecule has 0 aliphatic carbocycles. The van der Waals surface area contributed by atoms with Gasteiger partial charge in [-0.2, -0.15) is 0 Å². The van der Waals surface area contributed by atoms with Crippen LogP contribution in [0.3, 0.4) is 0 Å². The lowest BCUT2D eigenvalue weighted by Gasteiger charge is -2.08. The summed E-state index contributed by atoms with van der Waals surface area (Å²) in [7, 11) is 0. The van der Waals surface area contributed by atoms with Crippen molar-refractivity contribution in [2.45, 2.75) is 19.8 Å². The zero-order valence-electron chi connectivity index (χ0n) is 7.72. The molecule has 0 saturated heterocycles. The van der Waals surface area contributed by atoms with Crippen LogP contribution in [0.4, 0.5) is 10.1 Å². The van der Waals surface area contributed by atoms with Crippen LogP contribution in [-0.2, 0) is 6.42 Å². The topological polar surface area (TPSA) is 35.2 Å². The number of anilines is 1. The van der Waals surface area contributed by atoms with Gasteiger partial charge in [-0.15, -0.1) is 0 Å². The molecule has 0 fully saturated rings. The molecule has 0 heterocycles. The van der Waals surface area contributed by atoms with Gasteiger partial charge in [-0.25, -0.2) is 4.39 Å². The number of hydrogen-bond acceptors (Lipinski definition) is 2.